The molecule has 240 valence electrons. The predicted octanol–water partition coefficient (Wildman–Crippen LogP) is 10.0. The highest BCUT2D eigenvalue weighted by Crippen LogP contribution is 2.22. The fourth-order valence-electron chi connectivity index (χ4n) is 4.52. The first-order valence-corrected chi connectivity index (χ1v) is 17.3. The highest BCUT2D eigenvalue weighted by atomic mass is 35.5. The van der Waals surface area contributed by atoms with Crippen LogP contribution >= 0.6 is 22.9 Å². The second-order valence-electron chi connectivity index (χ2n) is 11.2. The summed E-state index contributed by atoms with van der Waals surface area (Å²) in [4.78, 5) is 24.7. The van der Waals surface area contributed by atoms with Gasteiger partial charge in [-0.15, -0.1) is 11.6 Å². The van der Waals surface area contributed by atoms with E-state index in [-0.39, 0.29) is 5.92 Å². The van der Waals surface area contributed by atoms with Crippen molar-refractivity contribution in [3.05, 3.63) is 76.5 Å². The molecule has 6 nitrogen and oxygen atoms in total. The molecule has 8 heteroatoms. The molecule has 2 unspecified atom stereocenters. The molecule has 44 heavy (non-hydrogen) atoms. The molecule has 3 aromatic rings. The molecule has 0 aliphatic carbocycles. The van der Waals surface area contributed by atoms with Gasteiger partial charge in [0.1, 0.15) is 22.6 Å². The fourth-order valence-corrected chi connectivity index (χ4v) is 5.39. The minimum atomic E-state index is -0.710. The molecule has 3 rings (SSSR count). The quantitative estimate of drug-likeness (QED) is 0.0470. The molecule has 0 aliphatic heterocycles. The number of esters is 2. The third-order valence-corrected chi connectivity index (χ3v) is 8.85. The van der Waals surface area contributed by atoms with Gasteiger partial charge in [0, 0.05) is 6.61 Å². The van der Waals surface area contributed by atoms with Crippen LogP contribution in [0.3, 0.4) is 0 Å². The van der Waals surface area contributed by atoms with E-state index in [0.717, 1.165) is 44.6 Å². The van der Waals surface area contributed by atoms with Crippen LogP contribution in [-0.4, -0.2) is 30.5 Å². The minimum absolute atomic E-state index is 0.0142. The first kappa shape index (κ1) is 35.6. The number of rotatable bonds is 22. The van der Waals surface area contributed by atoms with Crippen LogP contribution in [0.1, 0.15) is 100 Å². The average molecular weight is 643 g/mol. The summed E-state index contributed by atoms with van der Waals surface area (Å²) in [5.74, 6) is 0.481. The van der Waals surface area contributed by atoms with Crippen molar-refractivity contribution in [2.75, 3.05) is 13.2 Å². The zero-order valence-corrected chi connectivity index (χ0v) is 27.7. The largest absolute Gasteiger partial charge is 0.494 e. The van der Waals surface area contributed by atoms with Crippen LogP contribution < -0.4 is 14.2 Å². The summed E-state index contributed by atoms with van der Waals surface area (Å²) in [5, 5.41) is 3.53. The maximum atomic E-state index is 12.5. The molecular weight excluding hydrogens is 596 g/mol. The van der Waals surface area contributed by atoms with E-state index in [1.165, 1.54) is 50.5 Å². The monoisotopic (exact) mass is 642 g/mol. The Morgan fingerprint density at radius 1 is 0.727 bits per heavy atom. The Labute approximate surface area is 272 Å². The van der Waals surface area contributed by atoms with Gasteiger partial charge in [-0.1, -0.05) is 71.6 Å². The van der Waals surface area contributed by atoms with E-state index in [1.807, 2.05) is 13.8 Å². The molecule has 0 aliphatic rings. The van der Waals surface area contributed by atoms with Crippen molar-refractivity contribution in [3.63, 3.8) is 0 Å². The third kappa shape index (κ3) is 13.8. The number of ether oxygens (including phenoxy) is 4. The molecular formula is C36H47ClO6S. The molecule has 2 atom stereocenters. The highest BCUT2D eigenvalue weighted by Gasteiger charge is 2.23. The molecule has 0 saturated carbocycles. The molecule has 0 amide bonds. The van der Waals surface area contributed by atoms with Crippen LogP contribution in [0, 0.1) is 5.92 Å². The second-order valence-corrected chi connectivity index (χ2v) is 12.4. The predicted molar refractivity (Wildman–Crippen MR) is 178 cm³/mol. The van der Waals surface area contributed by atoms with Crippen molar-refractivity contribution < 1.29 is 28.5 Å². The Hall–Kier alpha value is -2.87. The summed E-state index contributed by atoms with van der Waals surface area (Å²) in [6, 6.07) is 15.4. The first-order chi connectivity index (χ1) is 21.5. The Morgan fingerprint density at radius 2 is 1.27 bits per heavy atom. The molecule has 0 bridgehead atoms. The molecule has 0 spiro atoms. The molecule has 0 saturated heterocycles. The lowest BCUT2D eigenvalue weighted by Gasteiger charge is -2.15. The molecule has 2 aromatic carbocycles. The smallest absolute Gasteiger partial charge is 0.343 e. The lowest BCUT2D eigenvalue weighted by molar-refractivity contribution is -0.134. The Morgan fingerprint density at radius 3 is 1.84 bits per heavy atom. The van der Waals surface area contributed by atoms with Gasteiger partial charge in [0.25, 0.3) is 0 Å². The number of thiophene rings is 1. The van der Waals surface area contributed by atoms with Crippen molar-refractivity contribution in [1.29, 1.82) is 0 Å². The maximum Gasteiger partial charge on any atom is 0.343 e. The third-order valence-electron chi connectivity index (χ3n) is 7.51. The Balaban J connectivity index is 1.18. The van der Waals surface area contributed by atoms with E-state index in [1.54, 1.807) is 59.9 Å². The van der Waals surface area contributed by atoms with Crippen molar-refractivity contribution in [1.82, 2.24) is 0 Å². The summed E-state index contributed by atoms with van der Waals surface area (Å²) in [6.45, 7) is 6.14. The number of hydrogen-bond donors (Lipinski definition) is 0. The van der Waals surface area contributed by atoms with Crippen LogP contribution in [0.5, 0.6) is 17.2 Å². The van der Waals surface area contributed by atoms with Gasteiger partial charge in [0.05, 0.1) is 18.8 Å². The van der Waals surface area contributed by atoms with Crippen LogP contribution in [0.4, 0.5) is 0 Å². The highest BCUT2D eigenvalue weighted by molar-refractivity contribution is 7.07. The van der Waals surface area contributed by atoms with Crippen LogP contribution in [0.2, 0.25) is 0 Å². The van der Waals surface area contributed by atoms with E-state index < -0.39 is 17.3 Å². The number of halogens is 1. The molecule has 0 fully saturated rings. The number of benzene rings is 2. The summed E-state index contributed by atoms with van der Waals surface area (Å²) in [6.07, 6.45) is 13.1. The van der Waals surface area contributed by atoms with Gasteiger partial charge in [-0.25, -0.2) is 4.79 Å². The van der Waals surface area contributed by atoms with E-state index in [9.17, 15) is 9.59 Å². The number of hydrogen-bond acceptors (Lipinski definition) is 7. The Kier molecular flexibility index (Phi) is 17.0. The topological polar surface area (TPSA) is 71.1 Å². The second kappa shape index (κ2) is 21.0. The number of unbranched alkanes of at least 4 members (excludes halogenated alkanes) is 9. The van der Waals surface area contributed by atoms with E-state index in [2.05, 4.69) is 16.8 Å². The number of carbonyl (C=O) groups is 2. The van der Waals surface area contributed by atoms with Crippen molar-refractivity contribution >= 4 is 34.9 Å². The lowest BCUT2D eigenvalue weighted by atomic mass is 10.1. The van der Waals surface area contributed by atoms with Gasteiger partial charge >= 0.3 is 11.9 Å². The van der Waals surface area contributed by atoms with Crippen LogP contribution in [0.25, 0.3) is 0 Å². The summed E-state index contributed by atoms with van der Waals surface area (Å²) in [5.41, 5.74) is 1.70. The summed E-state index contributed by atoms with van der Waals surface area (Å²) < 4.78 is 22.3. The first-order valence-electron chi connectivity index (χ1n) is 16.0. The van der Waals surface area contributed by atoms with E-state index in [4.69, 9.17) is 30.5 Å². The van der Waals surface area contributed by atoms with Crippen molar-refractivity contribution in [2.45, 2.75) is 96.5 Å². The number of alkyl halides is 1. The van der Waals surface area contributed by atoms with Crippen molar-refractivity contribution in [3.8, 4) is 17.2 Å². The van der Waals surface area contributed by atoms with E-state index in [0.29, 0.717) is 23.7 Å². The van der Waals surface area contributed by atoms with Gasteiger partial charge < -0.3 is 18.9 Å². The standard InChI is InChI=1S/C36H47ClO6S/c1-3-28(2)34(37)36(39)43-33-20-18-32(19-21-33)42-35(38)30-14-16-31(17-15-30)41-24-13-11-9-7-5-4-6-8-10-12-23-40-26-29-22-25-44-27-29/h14-22,25,27-28,34H,3-13,23-24,26H2,1-2H3. The molecule has 0 radical (unpaired) electrons. The average Bonchev–Trinajstić information content (AvgIpc) is 3.57. The van der Waals surface area contributed by atoms with Crippen LogP contribution in [-0.2, 0) is 16.1 Å². The molecule has 1 aromatic heterocycles. The zero-order chi connectivity index (χ0) is 31.4. The lowest BCUT2D eigenvalue weighted by Crippen LogP contribution is -2.26. The zero-order valence-electron chi connectivity index (χ0n) is 26.1. The molecule has 0 N–H and O–H groups in total. The Bertz CT molecular complexity index is 1200. The number of carbonyl (C=O) groups excluding carboxylic acids is 2. The SMILES string of the molecule is CCC(C)C(Cl)C(=O)Oc1ccc(OC(=O)c2ccc(OCCCCCCCCCCCCOCc3ccsc3)cc2)cc1. The fraction of sp³-hybridized carbons (Fsp3) is 0.500. The van der Waals surface area contributed by atoms with Gasteiger partial charge in [-0.2, -0.15) is 11.3 Å². The van der Waals surface area contributed by atoms with Gasteiger partial charge in [0.15, 0.2) is 0 Å². The maximum absolute atomic E-state index is 12.5. The molecule has 1 heterocycles. The van der Waals surface area contributed by atoms with Crippen LogP contribution in [0.15, 0.2) is 65.4 Å². The van der Waals surface area contributed by atoms with Gasteiger partial charge in [-0.3, -0.25) is 4.79 Å². The normalized spacial score (nSPS) is 12.4. The summed E-state index contributed by atoms with van der Waals surface area (Å²) in [7, 11) is 0. The van der Waals surface area contributed by atoms with Crippen molar-refractivity contribution in [2.24, 2.45) is 5.92 Å². The van der Waals surface area contributed by atoms with Gasteiger partial charge in [0.2, 0.25) is 0 Å². The minimum Gasteiger partial charge on any atom is -0.494 e. The summed E-state index contributed by atoms with van der Waals surface area (Å²) >= 11 is 7.87. The van der Waals surface area contributed by atoms with E-state index >= 15 is 0 Å². The van der Waals surface area contributed by atoms with Gasteiger partial charge in [-0.05, 0) is 89.7 Å².